The van der Waals surface area contributed by atoms with Crippen molar-refractivity contribution in [2.45, 2.75) is 39.7 Å². The summed E-state index contributed by atoms with van der Waals surface area (Å²) in [6.45, 7) is 10.8. The summed E-state index contributed by atoms with van der Waals surface area (Å²) in [7, 11) is 0. The summed E-state index contributed by atoms with van der Waals surface area (Å²) in [6, 6.07) is 0. The van der Waals surface area contributed by atoms with Crippen LogP contribution in [0.3, 0.4) is 0 Å². The fourth-order valence-corrected chi connectivity index (χ4v) is 2.80. The van der Waals surface area contributed by atoms with Crippen molar-refractivity contribution in [2.24, 2.45) is 17.6 Å². The van der Waals surface area contributed by atoms with Crippen molar-refractivity contribution in [2.75, 3.05) is 32.8 Å². The van der Waals surface area contributed by atoms with E-state index in [-0.39, 0.29) is 6.10 Å². The molecule has 0 amide bonds. The smallest absolute Gasteiger partial charge is 0.227 e. The second kappa shape index (κ2) is 7.87. The van der Waals surface area contributed by atoms with Crippen molar-refractivity contribution in [3.63, 3.8) is 0 Å². The monoisotopic (exact) mass is 296 g/mol. The number of likely N-dealkylation sites (N-methyl/N-ethyl adjacent to an activating group) is 1. The second-order valence-corrected chi connectivity index (χ2v) is 6.23. The van der Waals surface area contributed by atoms with Crippen LogP contribution in [0.2, 0.25) is 0 Å². The van der Waals surface area contributed by atoms with E-state index in [0.717, 1.165) is 39.1 Å². The molecule has 1 fully saturated rings. The Labute approximate surface area is 127 Å². The molecule has 1 aliphatic rings. The van der Waals surface area contributed by atoms with Gasteiger partial charge in [-0.15, -0.1) is 0 Å². The Morgan fingerprint density at radius 1 is 1.43 bits per heavy atom. The van der Waals surface area contributed by atoms with Gasteiger partial charge in [-0.2, -0.15) is 4.98 Å². The summed E-state index contributed by atoms with van der Waals surface area (Å²) in [5, 5.41) is 4.10. The first kappa shape index (κ1) is 16.4. The van der Waals surface area contributed by atoms with Gasteiger partial charge in [0.1, 0.15) is 6.10 Å². The number of rotatable bonds is 7. The van der Waals surface area contributed by atoms with E-state index < -0.39 is 0 Å². The van der Waals surface area contributed by atoms with Crippen molar-refractivity contribution >= 4 is 0 Å². The number of morpholine rings is 1. The fraction of sp³-hybridized carbons (Fsp3) is 0.867. The van der Waals surface area contributed by atoms with Gasteiger partial charge in [-0.3, -0.25) is 4.90 Å². The minimum absolute atomic E-state index is 0.0716. The average molecular weight is 296 g/mol. The third kappa shape index (κ3) is 4.76. The van der Waals surface area contributed by atoms with Gasteiger partial charge in [0.15, 0.2) is 0 Å². The fourth-order valence-electron chi connectivity index (χ4n) is 2.80. The average Bonchev–Trinajstić information content (AvgIpc) is 2.94. The van der Waals surface area contributed by atoms with Crippen LogP contribution >= 0.6 is 0 Å². The molecule has 0 spiro atoms. The van der Waals surface area contributed by atoms with E-state index in [9.17, 15) is 0 Å². The van der Waals surface area contributed by atoms with E-state index in [1.54, 1.807) is 0 Å². The van der Waals surface area contributed by atoms with Crippen LogP contribution in [0.15, 0.2) is 4.52 Å². The number of nitrogens with zero attached hydrogens (tertiary/aromatic N) is 3. The molecule has 0 saturated carbocycles. The third-order valence-electron chi connectivity index (χ3n) is 3.97. The predicted octanol–water partition coefficient (Wildman–Crippen LogP) is 1.63. The summed E-state index contributed by atoms with van der Waals surface area (Å²) in [5.41, 5.74) is 5.83. The summed E-state index contributed by atoms with van der Waals surface area (Å²) in [6.07, 6.45) is 1.77. The standard InChI is InChI=1S/C15H28N4O2/c1-4-19-5-6-20-13(10-19)15-17-14(21-18-15)8-12(9-16)7-11(2)3/h11-13H,4-10,16H2,1-3H3. The van der Waals surface area contributed by atoms with Crippen LogP contribution in [-0.4, -0.2) is 47.8 Å². The van der Waals surface area contributed by atoms with Gasteiger partial charge in [0.05, 0.1) is 6.61 Å². The Kier molecular flexibility index (Phi) is 6.14. The summed E-state index contributed by atoms with van der Waals surface area (Å²) in [5.74, 6) is 2.38. The summed E-state index contributed by atoms with van der Waals surface area (Å²) in [4.78, 5) is 6.85. The Bertz CT molecular complexity index is 422. The molecule has 0 aliphatic carbocycles. The number of hydrogen-bond acceptors (Lipinski definition) is 6. The van der Waals surface area contributed by atoms with E-state index in [4.69, 9.17) is 15.0 Å². The molecule has 6 heteroatoms. The molecule has 1 aromatic rings. The highest BCUT2D eigenvalue weighted by Crippen LogP contribution is 2.21. The molecule has 0 aromatic carbocycles. The third-order valence-corrected chi connectivity index (χ3v) is 3.97. The Morgan fingerprint density at radius 3 is 2.90 bits per heavy atom. The molecule has 2 atom stereocenters. The van der Waals surface area contributed by atoms with Gasteiger partial charge >= 0.3 is 0 Å². The van der Waals surface area contributed by atoms with E-state index in [1.807, 2.05) is 0 Å². The molecule has 1 saturated heterocycles. The minimum Gasteiger partial charge on any atom is -0.367 e. The first-order chi connectivity index (χ1) is 10.1. The van der Waals surface area contributed by atoms with Gasteiger partial charge in [-0.1, -0.05) is 25.9 Å². The van der Waals surface area contributed by atoms with Gasteiger partial charge in [0, 0.05) is 19.5 Å². The lowest BCUT2D eigenvalue weighted by atomic mass is 9.94. The molecule has 21 heavy (non-hydrogen) atoms. The molecule has 120 valence electrons. The van der Waals surface area contributed by atoms with Crippen molar-refractivity contribution in [3.8, 4) is 0 Å². The van der Waals surface area contributed by atoms with Crippen molar-refractivity contribution in [1.82, 2.24) is 15.0 Å². The van der Waals surface area contributed by atoms with Crippen molar-refractivity contribution in [1.29, 1.82) is 0 Å². The number of aromatic nitrogens is 2. The summed E-state index contributed by atoms with van der Waals surface area (Å²) >= 11 is 0. The lowest BCUT2D eigenvalue weighted by Crippen LogP contribution is -2.38. The van der Waals surface area contributed by atoms with Gasteiger partial charge < -0.3 is 15.0 Å². The van der Waals surface area contributed by atoms with Crippen LogP contribution in [-0.2, 0) is 11.2 Å². The molecule has 1 aromatic heterocycles. The Balaban J connectivity index is 1.94. The maximum absolute atomic E-state index is 5.83. The number of ether oxygens (including phenoxy) is 1. The van der Waals surface area contributed by atoms with E-state index in [0.29, 0.717) is 30.1 Å². The summed E-state index contributed by atoms with van der Waals surface area (Å²) < 4.78 is 11.1. The zero-order valence-corrected chi connectivity index (χ0v) is 13.4. The topological polar surface area (TPSA) is 77.4 Å². The molecule has 6 nitrogen and oxygen atoms in total. The molecular weight excluding hydrogens is 268 g/mol. The highest BCUT2D eigenvalue weighted by atomic mass is 16.5. The van der Waals surface area contributed by atoms with Crippen LogP contribution in [0.1, 0.15) is 45.0 Å². The highest BCUT2D eigenvalue weighted by Gasteiger charge is 2.26. The van der Waals surface area contributed by atoms with Crippen LogP contribution in [0, 0.1) is 11.8 Å². The molecule has 2 rings (SSSR count). The SMILES string of the molecule is CCN1CCOC(c2noc(CC(CN)CC(C)C)n2)C1. The van der Waals surface area contributed by atoms with E-state index >= 15 is 0 Å². The second-order valence-electron chi connectivity index (χ2n) is 6.23. The van der Waals surface area contributed by atoms with E-state index in [2.05, 4.69) is 35.8 Å². The Morgan fingerprint density at radius 2 is 2.24 bits per heavy atom. The van der Waals surface area contributed by atoms with Gasteiger partial charge in [-0.25, -0.2) is 0 Å². The lowest BCUT2D eigenvalue weighted by Gasteiger charge is -2.30. The zero-order chi connectivity index (χ0) is 15.2. The molecule has 0 radical (unpaired) electrons. The molecule has 2 unspecified atom stereocenters. The first-order valence-corrected chi connectivity index (χ1v) is 7.98. The first-order valence-electron chi connectivity index (χ1n) is 7.98. The van der Waals surface area contributed by atoms with Crippen LogP contribution in [0.25, 0.3) is 0 Å². The Hall–Kier alpha value is -0.980. The normalized spacial score (nSPS) is 21.9. The minimum atomic E-state index is -0.0716. The van der Waals surface area contributed by atoms with Crippen molar-refractivity contribution in [3.05, 3.63) is 11.7 Å². The number of hydrogen-bond donors (Lipinski definition) is 1. The maximum atomic E-state index is 5.83. The van der Waals surface area contributed by atoms with Crippen LogP contribution in [0.4, 0.5) is 0 Å². The molecular formula is C15H28N4O2. The zero-order valence-electron chi connectivity index (χ0n) is 13.4. The highest BCUT2D eigenvalue weighted by molar-refractivity contribution is 4.95. The molecule has 2 N–H and O–H groups in total. The molecule has 0 bridgehead atoms. The van der Waals surface area contributed by atoms with Crippen LogP contribution in [0.5, 0.6) is 0 Å². The molecule has 1 aliphatic heterocycles. The van der Waals surface area contributed by atoms with Gasteiger partial charge in [-0.05, 0) is 31.3 Å². The quantitative estimate of drug-likeness (QED) is 0.824. The lowest BCUT2D eigenvalue weighted by molar-refractivity contribution is -0.0334. The van der Waals surface area contributed by atoms with Crippen LogP contribution < -0.4 is 5.73 Å². The van der Waals surface area contributed by atoms with Gasteiger partial charge in [0.25, 0.3) is 0 Å². The number of nitrogens with two attached hydrogens (primary N) is 1. The van der Waals surface area contributed by atoms with Gasteiger partial charge in [0.2, 0.25) is 11.7 Å². The predicted molar refractivity (Wildman–Crippen MR) is 80.8 cm³/mol. The largest absolute Gasteiger partial charge is 0.367 e. The van der Waals surface area contributed by atoms with E-state index in [1.165, 1.54) is 0 Å². The maximum Gasteiger partial charge on any atom is 0.227 e. The molecule has 2 heterocycles. The van der Waals surface area contributed by atoms with Crippen molar-refractivity contribution < 1.29 is 9.26 Å².